The molecule has 0 saturated carbocycles. The second-order valence-electron chi connectivity index (χ2n) is 4.98. The minimum atomic E-state index is -4.68. The van der Waals surface area contributed by atoms with Crippen molar-refractivity contribution in [3.8, 4) is 0 Å². The van der Waals surface area contributed by atoms with Gasteiger partial charge in [0, 0.05) is 10.7 Å². The molecule has 1 aromatic rings. The first-order valence-electron chi connectivity index (χ1n) is 7.12. The summed E-state index contributed by atoms with van der Waals surface area (Å²) in [6.07, 6.45) is 0.603. The molecular formula is C17H13BrF3NO4. The first-order chi connectivity index (χ1) is 12.2. The van der Waals surface area contributed by atoms with E-state index in [1.807, 2.05) is 0 Å². The molecule has 0 spiro atoms. The smallest absolute Gasteiger partial charge is 0.418 e. The van der Waals surface area contributed by atoms with Gasteiger partial charge >= 0.3 is 18.1 Å². The molecule has 0 aliphatic carbocycles. The van der Waals surface area contributed by atoms with Crippen molar-refractivity contribution in [3.63, 3.8) is 0 Å². The van der Waals surface area contributed by atoms with Crippen LogP contribution in [0.25, 0.3) is 0 Å². The van der Waals surface area contributed by atoms with Crippen LogP contribution in [0.1, 0.15) is 5.56 Å². The Kier molecular flexibility index (Phi) is 5.91. The predicted octanol–water partition coefficient (Wildman–Crippen LogP) is 3.96. The van der Waals surface area contributed by atoms with E-state index in [0.29, 0.717) is 4.47 Å². The van der Waals surface area contributed by atoms with Crippen molar-refractivity contribution in [2.24, 2.45) is 0 Å². The minimum absolute atomic E-state index is 0.238. The summed E-state index contributed by atoms with van der Waals surface area (Å²) in [6, 6.07) is 3.30. The van der Waals surface area contributed by atoms with Gasteiger partial charge in [0.05, 0.1) is 31.0 Å². The van der Waals surface area contributed by atoms with Gasteiger partial charge in [0.1, 0.15) is 5.70 Å². The number of alkyl halides is 3. The molecule has 138 valence electrons. The number of ether oxygens (including phenoxy) is 2. The molecule has 1 heterocycles. The van der Waals surface area contributed by atoms with Crippen LogP contribution in [0, 0.1) is 0 Å². The monoisotopic (exact) mass is 431 g/mol. The molecule has 0 N–H and O–H groups in total. The SMILES string of the molecule is COC(=O)C1=C(C(=O)OC)N(c2cc(Br)ccc2C(F)(F)F)C=CC=C1. The fraction of sp³-hybridized carbons (Fsp3) is 0.176. The highest BCUT2D eigenvalue weighted by Crippen LogP contribution is 2.40. The predicted molar refractivity (Wildman–Crippen MR) is 91.0 cm³/mol. The summed E-state index contributed by atoms with van der Waals surface area (Å²) in [5.41, 5.74) is -1.98. The van der Waals surface area contributed by atoms with Gasteiger partial charge in [0.25, 0.3) is 0 Å². The molecule has 0 amide bonds. The van der Waals surface area contributed by atoms with Gasteiger partial charge in [-0.1, -0.05) is 22.0 Å². The van der Waals surface area contributed by atoms with E-state index in [0.717, 1.165) is 25.2 Å². The van der Waals surface area contributed by atoms with Crippen molar-refractivity contribution >= 4 is 33.6 Å². The Morgan fingerprint density at radius 3 is 2.31 bits per heavy atom. The fourth-order valence-electron chi connectivity index (χ4n) is 2.29. The third kappa shape index (κ3) is 3.98. The molecule has 0 bridgehead atoms. The van der Waals surface area contributed by atoms with Gasteiger partial charge in [-0.25, -0.2) is 9.59 Å². The number of esters is 2. The van der Waals surface area contributed by atoms with Crippen molar-refractivity contribution in [3.05, 3.63) is 63.9 Å². The third-order valence-electron chi connectivity index (χ3n) is 3.41. The van der Waals surface area contributed by atoms with Gasteiger partial charge < -0.3 is 14.4 Å². The van der Waals surface area contributed by atoms with E-state index in [1.54, 1.807) is 0 Å². The van der Waals surface area contributed by atoms with E-state index in [4.69, 9.17) is 0 Å². The van der Waals surface area contributed by atoms with Crippen LogP contribution in [0.5, 0.6) is 0 Å². The largest absolute Gasteiger partial charge is 0.465 e. The Hall–Kier alpha value is -2.55. The summed E-state index contributed by atoms with van der Waals surface area (Å²) in [6.45, 7) is 0. The Bertz CT molecular complexity index is 828. The number of carbonyl (C=O) groups is 2. The molecule has 1 aliphatic rings. The van der Waals surface area contributed by atoms with Crippen LogP contribution in [-0.4, -0.2) is 26.2 Å². The van der Waals surface area contributed by atoms with Crippen LogP contribution < -0.4 is 4.90 Å². The number of benzene rings is 1. The quantitative estimate of drug-likeness (QED) is 0.678. The highest BCUT2D eigenvalue weighted by molar-refractivity contribution is 9.10. The molecule has 2 rings (SSSR count). The Labute approximate surface area is 155 Å². The highest BCUT2D eigenvalue weighted by atomic mass is 79.9. The standard InChI is InChI=1S/C17H13BrF3NO4/c1-25-15(23)11-5-3-4-8-22(14(11)16(24)26-2)13-9-10(18)6-7-12(13)17(19,20)21/h3-9H,1-2H3. The van der Waals surface area contributed by atoms with Crippen LogP contribution in [0.4, 0.5) is 18.9 Å². The normalized spacial score (nSPS) is 14.3. The molecule has 1 aromatic carbocycles. The van der Waals surface area contributed by atoms with Crippen LogP contribution in [-0.2, 0) is 25.2 Å². The lowest BCUT2D eigenvalue weighted by Crippen LogP contribution is -2.28. The molecule has 0 aromatic heterocycles. The van der Waals surface area contributed by atoms with E-state index in [2.05, 4.69) is 25.4 Å². The summed E-state index contributed by atoms with van der Waals surface area (Å²) in [5, 5.41) is 0. The lowest BCUT2D eigenvalue weighted by Gasteiger charge is -2.26. The highest BCUT2D eigenvalue weighted by Gasteiger charge is 2.37. The van der Waals surface area contributed by atoms with Crippen LogP contribution in [0.15, 0.2) is 58.4 Å². The topological polar surface area (TPSA) is 55.8 Å². The molecule has 0 saturated heterocycles. The molecule has 5 nitrogen and oxygen atoms in total. The van der Waals surface area contributed by atoms with Gasteiger partial charge in [-0.2, -0.15) is 13.2 Å². The van der Waals surface area contributed by atoms with Crippen molar-refractivity contribution in [2.45, 2.75) is 6.18 Å². The fourth-order valence-corrected chi connectivity index (χ4v) is 2.64. The van der Waals surface area contributed by atoms with Gasteiger partial charge in [0.15, 0.2) is 0 Å². The first-order valence-corrected chi connectivity index (χ1v) is 7.91. The van der Waals surface area contributed by atoms with E-state index in [-0.39, 0.29) is 11.3 Å². The number of carbonyl (C=O) groups excluding carboxylic acids is 2. The maximum Gasteiger partial charge on any atom is 0.418 e. The zero-order valence-electron chi connectivity index (χ0n) is 13.6. The van der Waals surface area contributed by atoms with Crippen LogP contribution in [0.2, 0.25) is 0 Å². The summed E-state index contributed by atoms with van der Waals surface area (Å²) in [4.78, 5) is 25.3. The number of rotatable bonds is 3. The lowest BCUT2D eigenvalue weighted by atomic mass is 10.1. The maximum atomic E-state index is 13.5. The summed E-state index contributed by atoms with van der Waals surface area (Å²) in [5.74, 6) is -1.88. The van der Waals surface area contributed by atoms with Crippen molar-refractivity contribution in [1.82, 2.24) is 0 Å². The number of allylic oxidation sites excluding steroid dienone is 2. The minimum Gasteiger partial charge on any atom is -0.465 e. The Balaban J connectivity index is 2.80. The van der Waals surface area contributed by atoms with Crippen LogP contribution >= 0.6 is 15.9 Å². The third-order valence-corrected chi connectivity index (χ3v) is 3.91. The number of methoxy groups -OCH3 is 2. The van der Waals surface area contributed by atoms with E-state index >= 15 is 0 Å². The number of hydrogen-bond acceptors (Lipinski definition) is 5. The number of nitrogens with zero attached hydrogens (tertiary/aromatic N) is 1. The number of anilines is 1. The average Bonchev–Trinajstić information content (AvgIpc) is 2.82. The molecule has 26 heavy (non-hydrogen) atoms. The Morgan fingerprint density at radius 2 is 1.73 bits per heavy atom. The molecule has 0 atom stereocenters. The summed E-state index contributed by atoms with van der Waals surface area (Å²) in [7, 11) is 2.16. The van der Waals surface area contributed by atoms with Crippen molar-refractivity contribution < 1.29 is 32.2 Å². The molecular weight excluding hydrogens is 419 g/mol. The molecule has 9 heteroatoms. The molecule has 0 unspecified atom stereocenters. The number of halogens is 4. The second kappa shape index (κ2) is 7.77. The van der Waals surface area contributed by atoms with E-state index in [1.165, 1.54) is 36.6 Å². The Morgan fingerprint density at radius 1 is 1.08 bits per heavy atom. The molecule has 0 fully saturated rings. The first kappa shape index (κ1) is 19.8. The lowest BCUT2D eigenvalue weighted by molar-refractivity contribution is -0.139. The van der Waals surface area contributed by atoms with Crippen LogP contribution in [0.3, 0.4) is 0 Å². The van der Waals surface area contributed by atoms with E-state index in [9.17, 15) is 22.8 Å². The van der Waals surface area contributed by atoms with E-state index < -0.39 is 29.4 Å². The van der Waals surface area contributed by atoms with Gasteiger partial charge in [-0.15, -0.1) is 0 Å². The maximum absolute atomic E-state index is 13.5. The van der Waals surface area contributed by atoms with Gasteiger partial charge in [0.2, 0.25) is 0 Å². The van der Waals surface area contributed by atoms with Gasteiger partial charge in [-0.05, 0) is 30.4 Å². The zero-order chi connectivity index (χ0) is 19.5. The average molecular weight is 432 g/mol. The zero-order valence-corrected chi connectivity index (χ0v) is 15.2. The van der Waals surface area contributed by atoms with Gasteiger partial charge in [-0.3, -0.25) is 0 Å². The van der Waals surface area contributed by atoms with Crippen molar-refractivity contribution in [1.29, 1.82) is 0 Å². The number of hydrogen-bond donors (Lipinski definition) is 0. The van der Waals surface area contributed by atoms with Crippen molar-refractivity contribution in [2.75, 3.05) is 19.1 Å². The summed E-state index contributed by atoms with van der Waals surface area (Å²) >= 11 is 3.12. The second-order valence-corrected chi connectivity index (χ2v) is 5.89. The molecule has 0 radical (unpaired) electrons. The summed E-state index contributed by atoms with van der Waals surface area (Å²) < 4.78 is 50.0. The molecule has 1 aliphatic heterocycles.